The molecule has 0 N–H and O–H groups in total. The third-order valence-corrected chi connectivity index (χ3v) is 4.08. The highest BCUT2D eigenvalue weighted by atomic mass is 32.2. The summed E-state index contributed by atoms with van der Waals surface area (Å²) < 4.78 is 22.0. The van der Waals surface area contributed by atoms with Crippen molar-refractivity contribution in [1.29, 1.82) is 0 Å². The Labute approximate surface area is 77.3 Å². The van der Waals surface area contributed by atoms with Crippen LogP contribution in [0.5, 0.6) is 0 Å². The second-order valence-electron chi connectivity index (χ2n) is 2.93. The molecule has 0 radical (unpaired) electrons. The minimum atomic E-state index is -2.91. The van der Waals surface area contributed by atoms with Gasteiger partial charge in [-0.3, -0.25) is 0 Å². The predicted octanol–water partition coefficient (Wildman–Crippen LogP) is -0.228. The molecule has 0 spiro atoms. The first-order valence-corrected chi connectivity index (χ1v) is 5.79. The van der Waals surface area contributed by atoms with Gasteiger partial charge in [0.25, 0.3) is 0 Å². The average molecular weight is 208 g/mol. The van der Waals surface area contributed by atoms with E-state index >= 15 is 0 Å². The van der Waals surface area contributed by atoms with Crippen LogP contribution >= 0.6 is 0 Å². The van der Waals surface area contributed by atoms with Crippen molar-refractivity contribution in [3.8, 4) is 0 Å². The molecule has 1 atom stereocenters. The molecule has 70 valence electrons. The smallest absolute Gasteiger partial charge is 0.152 e. The van der Waals surface area contributed by atoms with Crippen LogP contribution in [0.2, 0.25) is 0 Å². The molecular weight excluding hydrogens is 198 g/mol. The fourth-order valence-corrected chi connectivity index (χ4v) is 3.15. The number of hydrogen-bond donors (Lipinski definition) is 0. The van der Waals surface area contributed by atoms with E-state index in [1.165, 1.54) is 4.90 Å². The molecule has 1 rings (SSSR count). The number of sulfone groups is 1. The van der Waals surface area contributed by atoms with Crippen LogP contribution in [0.4, 0.5) is 4.79 Å². The van der Waals surface area contributed by atoms with Gasteiger partial charge in [0.05, 0.1) is 11.5 Å². The molecule has 12 heavy (non-hydrogen) atoms. The van der Waals surface area contributed by atoms with Crippen LogP contribution in [-0.4, -0.2) is 43.2 Å². The molecule has 0 aromatic carbocycles. The van der Waals surface area contributed by atoms with Crippen molar-refractivity contribution in [2.24, 2.45) is 0 Å². The molecule has 0 bridgehead atoms. The molecule has 1 fully saturated rings. The molecule has 0 aliphatic carbocycles. The number of rotatable bonds is 1. The Bertz CT molecular complexity index is 285. The minimum absolute atomic E-state index is 0.0614. The first kappa shape index (κ1) is 9.73. The van der Waals surface area contributed by atoms with E-state index in [-0.39, 0.29) is 17.5 Å². The maximum atomic E-state index is 11.0. The Hall–Kier alpha value is -0.360. The number of carbonyl (C=O) groups is 1. The lowest BCUT2D eigenvalue weighted by atomic mass is 10.2. The molecule has 4 nitrogen and oxygen atoms in total. The zero-order chi connectivity index (χ0) is 9.35. The van der Waals surface area contributed by atoms with Crippen LogP contribution in [0, 0.1) is 0 Å². The van der Waals surface area contributed by atoms with Gasteiger partial charge in [0.15, 0.2) is 9.84 Å². The molecule has 6 heteroatoms. The number of nitrogens with zero attached hydrogens (tertiary/aromatic N) is 1. The number of amides is 1. The Morgan fingerprint density at radius 2 is 2.17 bits per heavy atom. The van der Waals surface area contributed by atoms with E-state index in [1.807, 2.05) is 0 Å². The minimum Gasteiger partial charge on any atom is -0.719 e. The quantitative estimate of drug-likeness (QED) is 0.559. The first-order chi connectivity index (χ1) is 5.42. The topological polar surface area (TPSA) is 54.5 Å². The van der Waals surface area contributed by atoms with E-state index in [4.69, 9.17) is 0 Å². The number of hydrogen-bond acceptors (Lipinski definition) is 4. The van der Waals surface area contributed by atoms with Crippen LogP contribution < -0.4 is 0 Å². The van der Waals surface area contributed by atoms with Gasteiger partial charge in [-0.1, -0.05) is 0 Å². The van der Waals surface area contributed by atoms with Crippen LogP contribution in [-0.2, 0) is 22.5 Å². The molecule has 1 aliphatic rings. The van der Waals surface area contributed by atoms with Gasteiger partial charge in [0.2, 0.25) is 0 Å². The van der Waals surface area contributed by atoms with Crippen molar-refractivity contribution in [2.75, 3.05) is 18.6 Å². The average Bonchev–Trinajstić information content (AvgIpc) is 2.28. The lowest BCUT2D eigenvalue weighted by Gasteiger charge is -2.26. The van der Waals surface area contributed by atoms with Crippen molar-refractivity contribution in [1.82, 2.24) is 4.90 Å². The normalized spacial score (nSPS) is 26.9. The summed E-state index contributed by atoms with van der Waals surface area (Å²) in [6.45, 7) is 0. The Morgan fingerprint density at radius 1 is 1.58 bits per heavy atom. The Morgan fingerprint density at radius 3 is 2.50 bits per heavy atom. The Balaban J connectivity index is 2.64. The van der Waals surface area contributed by atoms with Crippen molar-refractivity contribution in [3.05, 3.63) is 0 Å². The fraction of sp³-hybridized carbons (Fsp3) is 0.833. The number of carbonyl (C=O) groups excluding carboxylic acids is 1. The van der Waals surface area contributed by atoms with Gasteiger partial charge in [-0.15, -0.1) is 0 Å². The van der Waals surface area contributed by atoms with E-state index in [9.17, 15) is 13.2 Å². The van der Waals surface area contributed by atoms with E-state index in [1.54, 1.807) is 7.05 Å². The zero-order valence-electron chi connectivity index (χ0n) is 6.69. The lowest BCUT2D eigenvalue weighted by molar-refractivity contribution is 0.220. The van der Waals surface area contributed by atoms with Gasteiger partial charge in [-0.2, -0.15) is 0 Å². The Kier molecular flexibility index (Phi) is 2.58. The van der Waals surface area contributed by atoms with Crippen molar-refractivity contribution >= 4 is 27.7 Å². The molecule has 1 heterocycles. The summed E-state index contributed by atoms with van der Waals surface area (Å²) in [4.78, 5) is 12.0. The van der Waals surface area contributed by atoms with Gasteiger partial charge in [-0.05, 0) is 6.42 Å². The molecule has 1 aliphatic heterocycles. The molecule has 0 unspecified atom stereocenters. The summed E-state index contributed by atoms with van der Waals surface area (Å²) >= 11 is 4.41. The van der Waals surface area contributed by atoms with E-state index in [0.717, 1.165) is 0 Å². The van der Waals surface area contributed by atoms with Crippen LogP contribution in [0.15, 0.2) is 0 Å². The largest absolute Gasteiger partial charge is 0.719 e. The first-order valence-electron chi connectivity index (χ1n) is 3.56. The monoisotopic (exact) mass is 208 g/mol. The summed E-state index contributed by atoms with van der Waals surface area (Å²) in [6.07, 6.45) is 0.515. The molecule has 0 saturated carbocycles. The highest BCUT2D eigenvalue weighted by molar-refractivity contribution is 7.91. The summed E-state index contributed by atoms with van der Waals surface area (Å²) in [5.74, 6) is 0.233. The standard InChI is InChI=1S/C6H11NO3S2/c1-7(6(8)11)5-2-3-12(9,10)4-5/h5H,2-4H2,1H3,(H,8,11)/p-1/t5-/m1/s1. The van der Waals surface area contributed by atoms with Gasteiger partial charge in [0.1, 0.15) is 5.24 Å². The lowest BCUT2D eigenvalue weighted by Crippen LogP contribution is -2.35. The summed E-state index contributed by atoms with van der Waals surface area (Å²) in [6, 6.07) is -0.208. The van der Waals surface area contributed by atoms with Gasteiger partial charge < -0.3 is 22.3 Å². The van der Waals surface area contributed by atoms with Gasteiger partial charge >= 0.3 is 0 Å². The zero-order valence-corrected chi connectivity index (χ0v) is 8.32. The highest BCUT2D eigenvalue weighted by Gasteiger charge is 2.30. The highest BCUT2D eigenvalue weighted by Crippen LogP contribution is 2.16. The van der Waals surface area contributed by atoms with Crippen molar-refractivity contribution in [2.45, 2.75) is 12.5 Å². The molecule has 1 saturated heterocycles. The second-order valence-corrected chi connectivity index (χ2v) is 5.51. The van der Waals surface area contributed by atoms with Crippen molar-refractivity contribution < 1.29 is 13.2 Å². The fourth-order valence-electron chi connectivity index (χ4n) is 1.23. The van der Waals surface area contributed by atoms with Gasteiger partial charge in [0, 0.05) is 13.1 Å². The van der Waals surface area contributed by atoms with Gasteiger partial charge in [-0.25, -0.2) is 8.42 Å². The SMILES string of the molecule is CN(C(=O)[S-])[C@@H]1CCS(=O)(=O)C1. The maximum Gasteiger partial charge on any atom is 0.152 e. The third kappa shape index (κ3) is 2.07. The van der Waals surface area contributed by atoms with Crippen molar-refractivity contribution in [3.63, 3.8) is 0 Å². The summed E-state index contributed by atoms with van der Waals surface area (Å²) in [7, 11) is -1.37. The molecule has 0 aromatic heterocycles. The maximum absolute atomic E-state index is 11.0. The summed E-state index contributed by atoms with van der Waals surface area (Å²) in [5.41, 5.74) is 0. The molecular formula is C6H10NO3S2-. The van der Waals surface area contributed by atoms with Crippen LogP contribution in [0.25, 0.3) is 0 Å². The van der Waals surface area contributed by atoms with E-state index in [2.05, 4.69) is 12.6 Å². The van der Waals surface area contributed by atoms with E-state index < -0.39 is 15.1 Å². The summed E-state index contributed by atoms with van der Waals surface area (Å²) in [5, 5.41) is -0.489. The van der Waals surface area contributed by atoms with Crippen LogP contribution in [0.3, 0.4) is 0 Å². The predicted molar refractivity (Wildman–Crippen MR) is 47.6 cm³/mol. The molecule has 0 aromatic rings. The molecule has 1 amide bonds. The second kappa shape index (κ2) is 3.18. The van der Waals surface area contributed by atoms with Crippen LogP contribution in [0.1, 0.15) is 6.42 Å². The third-order valence-electron chi connectivity index (χ3n) is 2.04. The van der Waals surface area contributed by atoms with E-state index in [0.29, 0.717) is 6.42 Å².